The van der Waals surface area contributed by atoms with Crippen molar-refractivity contribution >= 4 is 11.6 Å². The molecule has 2 aromatic rings. The molecule has 0 radical (unpaired) electrons. The maximum Gasteiger partial charge on any atom is 0.138 e. The molecule has 0 atom stereocenters. The number of hydrogen-bond acceptors (Lipinski definition) is 2. The van der Waals surface area contributed by atoms with Gasteiger partial charge in [-0.15, -0.1) is 11.6 Å². The number of aromatic nitrogens is 3. The molecule has 0 saturated carbocycles. The Labute approximate surface area is 125 Å². The summed E-state index contributed by atoms with van der Waals surface area (Å²) in [5, 5.41) is 0. The minimum atomic E-state index is 0.399. The number of nitrogens with zero attached hydrogens (tertiary/aromatic N) is 3. The first-order valence-electron chi connectivity index (χ1n) is 7.31. The highest BCUT2D eigenvalue weighted by molar-refractivity contribution is 6.17. The molecule has 0 saturated heterocycles. The van der Waals surface area contributed by atoms with Gasteiger partial charge in [0.25, 0.3) is 0 Å². The minimum absolute atomic E-state index is 0.399. The lowest BCUT2D eigenvalue weighted by atomic mass is 10.0. The van der Waals surface area contributed by atoms with E-state index in [9.17, 15) is 0 Å². The summed E-state index contributed by atoms with van der Waals surface area (Å²) in [4.78, 5) is 9.35. The van der Waals surface area contributed by atoms with E-state index in [4.69, 9.17) is 16.6 Å². The van der Waals surface area contributed by atoms with Crippen LogP contribution in [-0.2, 0) is 18.7 Å². The summed E-state index contributed by atoms with van der Waals surface area (Å²) in [5.74, 6) is 1.88. The Morgan fingerprint density at radius 2 is 2.05 bits per heavy atom. The van der Waals surface area contributed by atoms with Crippen molar-refractivity contribution in [3.05, 3.63) is 41.1 Å². The Morgan fingerprint density at radius 3 is 2.80 bits per heavy atom. The summed E-state index contributed by atoms with van der Waals surface area (Å²) < 4.78 is 2.15. The minimum Gasteiger partial charge on any atom is -0.287 e. The maximum atomic E-state index is 6.03. The van der Waals surface area contributed by atoms with Gasteiger partial charge in [-0.1, -0.05) is 13.8 Å². The van der Waals surface area contributed by atoms with E-state index in [-0.39, 0.29) is 0 Å². The second kappa shape index (κ2) is 5.57. The Hall–Kier alpha value is -1.35. The number of hydrogen-bond donors (Lipinski definition) is 0. The van der Waals surface area contributed by atoms with Gasteiger partial charge in [-0.3, -0.25) is 4.57 Å². The smallest absolute Gasteiger partial charge is 0.138 e. The van der Waals surface area contributed by atoms with E-state index in [0.29, 0.717) is 11.8 Å². The first kappa shape index (κ1) is 13.6. The first-order valence-corrected chi connectivity index (χ1v) is 7.84. The Bertz CT molecular complexity index is 616. The zero-order valence-corrected chi connectivity index (χ0v) is 12.8. The summed E-state index contributed by atoms with van der Waals surface area (Å²) in [7, 11) is 0. The van der Waals surface area contributed by atoms with Gasteiger partial charge in [-0.2, -0.15) is 0 Å². The maximum absolute atomic E-state index is 6.03. The number of imidazole rings is 1. The Kier molecular flexibility index (Phi) is 3.79. The van der Waals surface area contributed by atoms with Crippen molar-refractivity contribution in [2.45, 2.75) is 51.3 Å². The van der Waals surface area contributed by atoms with Crippen molar-refractivity contribution in [3.63, 3.8) is 0 Å². The van der Waals surface area contributed by atoms with Crippen LogP contribution in [0.4, 0.5) is 0 Å². The molecule has 0 N–H and O–H groups in total. The molecular formula is C16H20ClN3. The summed E-state index contributed by atoms with van der Waals surface area (Å²) in [6.45, 7) is 4.32. The molecule has 0 spiro atoms. The van der Waals surface area contributed by atoms with Gasteiger partial charge >= 0.3 is 0 Å². The normalized spacial score (nSPS) is 14.6. The largest absolute Gasteiger partial charge is 0.287 e. The van der Waals surface area contributed by atoms with Crippen LogP contribution in [0, 0.1) is 0 Å². The lowest BCUT2D eigenvalue weighted by Gasteiger charge is -2.15. The van der Waals surface area contributed by atoms with Crippen LogP contribution in [0.1, 0.15) is 55.3 Å². The van der Waals surface area contributed by atoms with E-state index in [0.717, 1.165) is 29.9 Å². The van der Waals surface area contributed by atoms with Crippen LogP contribution in [-0.4, -0.2) is 14.5 Å². The second-order valence-corrected chi connectivity index (χ2v) is 6.03. The SMILES string of the molecule is CC(C)c1cc(CCl)cc(-n2cnc3c2CCCC3)n1. The van der Waals surface area contributed by atoms with Crippen molar-refractivity contribution in [1.29, 1.82) is 0 Å². The van der Waals surface area contributed by atoms with Crippen LogP contribution >= 0.6 is 11.6 Å². The lowest BCUT2D eigenvalue weighted by Crippen LogP contribution is -2.09. The molecule has 0 unspecified atom stereocenters. The topological polar surface area (TPSA) is 30.7 Å². The molecule has 3 rings (SSSR count). The fourth-order valence-electron chi connectivity index (χ4n) is 2.76. The van der Waals surface area contributed by atoms with Crippen LogP contribution < -0.4 is 0 Å². The summed E-state index contributed by atoms with van der Waals surface area (Å²) >= 11 is 6.03. The quantitative estimate of drug-likeness (QED) is 0.799. The molecule has 1 aliphatic rings. The van der Waals surface area contributed by atoms with Crippen molar-refractivity contribution in [3.8, 4) is 5.82 Å². The van der Waals surface area contributed by atoms with Gasteiger partial charge in [-0.05, 0) is 49.3 Å². The average Bonchev–Trinajstić information content (AvgIpc) is 2.90. The molecule has 2 aromatic heterocycles. The molecule has 0 aromatic carbocycles. The molecule has 0 bridgehead atoms. The number of fused-ring (bicyclic) bond motifs is 1. The standard InChI is InChI=1S/C16H20ClN3/c1-11(2)14-7-12(9-17)8-16(19-14)20-10-18-13-5-3-4-6-15(13)20/h7-8,10-11H,3-6,9H2,1-2H3. The fourth-order valence-corrected chi connectivity index (χ4v) is 2.91. The van der Waals surface area contributed by atoms with Gasteiger partial charge in [0.15, 0.2) is 0 Å². The number of halogens is 1. The van der Waals surface area contributed by atoms with Crippen molar-refractivity contribution in [2.24, 2.45) is 0 Å². The molecule has 4 heteroatoms. The van der Waals surface area contributed by atoms with E-state index in [2.05, 4.69) is 35.5 Å². The van der Waals surface area contributed by atoms with Crippen LogP contribution in [0.15, 0.2) is 18.5 Å². The zero-order valence-electron chi connectivity index (χ0n) is 12.1. The summed E-state index contributed by atoms with van der Waals surface area (Å²) in [6.07, 6.45) is 6.59. The molecule has 0 aliphatic heterocycles. The zero-order chi connectivity index (χ0) is 14.1. The number of rotatable bonds is 3. The van der Waals surface area contributed by atoms with Crippen molar-refractivity contribution in [2.75, 3.05) is 0 Å². The molecule has 1 aliphatic carbocycles. The third-order valence-electron chi connectivity index (χ3n) is 3.91. The molecule has 20 heavy (non-hydrogen) atoms. The van der Waals surface area contributed by atoms with Crippen LogP contribution in [0.25, 0.3) is 5.82 Å². The van der Waals surface area contributed by atoms with Crippen molar-refractivity contribution in [1.82, 2.24) is 14.5 Å². The highest BCUT2D eigenvalue weighted by Gasteiger charge is 2.17. The molecule has 2 heterocycles. The van der Waals surface area contributed by atoms with E-state index in [1.165, 1.54) is 24.2 Å². The highest BCUT2D eigenvalue weighted by atomic mass is 35.5. The van der Waals surface area contributed by atoms with Gasteiger partial charge in [0.1, 0.15) is 12.1 Å². The van der Waals surface area contributed by atoms with Gasteiger partial charge in [0.05, 0.1) is 5.69 Å². The monoisotopic (exact) mass is 289 g/mol. The Morgan fingerprint density at radius 1 is 1.25 bits per heavy atom. The molecule has 3 nitrogen and oxygen atoms in total. The number of pyridine rings is 1. The number of aryl methyl sites for hydroxylation is 1. The highest BCUT2D eigenvalue weighted by Crippen LogP contribution is 2.24. The van der Waals surface area contributed by atoms with Gasteiger partial charge < -0.3 is 0 Å². The molecule has 0 amide bonds. The van der Waals surface area contributed by atoms with Crippen molar-refractivity contribution < 1.29 is 0 Å². The van der Waals surface area contributed by atoms with Gasteiger partial charge in [0, 0.05) is 17.3 Å². The molecule has 106 valence electrons. The van der Waals surface area contributed by atoms with Crippen LogP contribution in [0.2, 0.25) is 0 Å². The van der Waals surface area contributed by atoms with E-state index in [1.807, 2.05) is 6.33 Å². The van der Waals surface area contributed by atoms with E-state index < -0.39 is 0 Å². The fraction of sp³-hybridized carbons (Fsp3) is 0.500. The molecule has 0 fully saturated rings. The first-order chi connectivity index (χ1) is 9.69. The third-order valence-corrected chi connectivity index (χ3v) is 4.22. The van der Waals surface area contributed by atoms with E-state index >= 15 is 0 Å². The summed E-state index contributed by atoms with van der Waals surface area (Å²) in [5.41, 5.74) is 4.78. The summed E-state index contributed by atoms with van der Waals surface area (Å²) in [6, 6.07) is 4.18. The molecular weight excluding hydrogens is 270 g/mol. The third kappa shape index (κ3) is 2.47. The lowest BCUT2D eigenvalue weighted by molar-refractivity contribution is 0.653. The predicted molar refractivity (Wildman–Crippen MR) is 81.6 cm³/mol. The predicted octanol–water partition coefficient (Wildman–Crippen LogP) is 4.01. The second-order valence-electron chi connectivity index (χ2n) is 5.76. The number of alkyl halides is 1. The van der Waals surface area contributed by atoms with Crippen LogP contribution in [0.5, 0.6) is 0 Å². The van der Waals surface area contributed by atoms with E-state index in [1.54, 1.807) is 0 Å². The van der Waals surface area contributed by atoms with Gasteiger partial charge in [0.2, 0.25) is 0 Å². The van der Waals surface area contributed by atoms with Gasteiger partial charge in [-0.25, -0.2) is 9.97 Å². The average molecular weight is 290 g/mol. The Balaban J connectivity index is 2.09. The van der Waals surface area contributed by atoms with Crippen LogP contribution in [0.3, 0.4) is 0 Å².